The van der Waals surface area contributed by atoms with E-state index in [9.17, 15) is 13.6 Å². The minimum Gasteiger partial charge on any atom is -0.496 e. The van der Waals surface area contributed by atoms with Crippen LogP contribution in [0.15, 0.2) is 30.5 Å². The van der Waals surface area contributed by atoms with Gasteiger partial charge in [0.2, 0.25) is 0 Å². The van der Waals surface area contributed by atoms with Crippen molar-refractivity contribution in [3.63, 3.8) is 0 Å². The van der Waals surface area contributed by atoms with Gasteiger partial charge in [-0.1, -0.05) is 18.2 Å². The number of aromatic nitrogens is 2. The van der Waals surface area contributed by atoms with E-state index in [1.807, 2.05) is 19.1 Å². The molecule has 0 radical (unpaired) electrons. The average molecular weight is 456 g/mol. The van der Waals surface area contributed by atoms with E-state index in [0.29, 0.717) is 36.3 Å². The number of rotatable bonds is 5. The lowest BCUT2D eigenvalue weighted by atomic mass is 9.88. The van der Waals surface area contributed by atoms with Gasteiger partial charge in [-0.3, -0.25) is 9.89 Å². The Morgan fingerprint density at radius 3 is 2.88 bits per heavy atom. The summed E-state index contributed by atoms with van der Waals surface area (Å²) in [6, 6.07) is 6.39. The molecule has 1 fully saturated rings. The molecule has 6 nitrogen and oxygen atoms in total. The van der Waals surface area contributed by atoms with Crippen LogP contribution in [0.2, 0.25) is 0 Å². The Kier molecular flexibility index (Phi) is 5.56. The molecule has 2 aromatic carbocycles. The molecular weight excluding hydrogens is 428 g/mol. The molecule has 1 saturated heterocycles. The van der Waals surface area contributed by atoms with Gasteiger partial charge in [-0.2, -0.15) is 5.10 Å². The Hall–Kier alpha value is -3.00. The van der Waals surface area contributed by atoms with Crippen molar-refractivity contribution in [3.8, 4) is 5.75 Å². The quantitative estimate of drug-likeness (QED) is 0.568. The van der Waals surface area contributed by atoms with E-state index in [2.05, 4.69) is 15.5 Å². The summed E-state index contributed by atoms with van der Waals surface area (Å²) in [5, 5.41) is 10.8. The number of benzene rings is 2. The van der Waals surface area contributed by atoms with E-state index < -0.39 is 12.0 Å². The van der Waals surface area contributed by atoms with Crippen molar-refractivity contribution in [2.24, 2.45) is 0 Å². The third kappa shape index (κ3) is 3.76. The van der Waals surface area contributed by atoms with E-state index >= 15 is 0 Å². The van der Waals surface area contributed by atoms with Gasteiger partial charge in [0, 0.05) is 25.2 Å². The summed E-state index contributed by atoms with van der Waals surface area (Å²) in [6.07, 6.45) is 3.48. The molecule has 2 aliphatic rings. The lowest BCUT2D eigenvalue weighted by Gasteiger charge is -2.25. The Labute approximate surface area is 190 Å². The van der Waals surface area contributed by atoms with Crippen molar-refractivity contribution in [2.45, 2.75) is 50.5 Å². The molecule has 5 rings (SSSR count). The third-order valence-corrected chi connectivity index (χ3v) is 6.93. The fraction of sp³-hybridized carbons (Fsp3) is 0.440. The number of ether oxygens (including phenoxy) is 2. The van der Waals surface area contributed by atoms with Crippen LogP contribution in [0, 0.1) is 0 Å². The first-order valence-electron chi connectivity index (χ1n) is 11.3. The zero-order valence-corrected chi connectivity index (χ0v) is 18.7. The number of H-pyrrole nitrogens is 1. The summed E-state index contributed by atoms with van der Waals surface area (Å²) >= 11 is 0. The van der Waals surface area contributed by atoms with Gasteiger partial charge in [-0.15, -0.1) is 0 Å². The molecule has 1 atom stereocenters. The molecule has 174 valence electrons. The minimum absolute atomic E-state index is 0.0725. The maximum atomic E-state index is 14.2. The van der Waals surface area contributed by atoms with Crippen LogP contribution >= 0.6 is 0 Å². The van der Waals surface area contributed by atoms with Crippen LogP contribution in [0.3, 0.4) is 0 Å². The van der Waals surface area contributed by atoms with Crippen LogP contribution in [0.4, 0.5) is 8.78 Å². The van der Waals surface area contributed by atoms with Gasteiger partial charge in [-0.25, -0.2) is 8.78 Å². The third-order valence-electron chi connectivity index (χ3n) is 6.93. The number of alkyl halides is 2. The second-order valence-electron chi connectivity index (χ2n) is 8.86. The predicted octanol–water partition coefficient (Wildman–Crippen LogP) is 4.99. The van der Waals surface area contributed by atoms with E-state index in [1.165, 1.54) is 6.07 Å². The summed E-state index contributed by atoms with van der Waals surface area (Å²) in [7, 11) is 1.62. The Morgan fingerprint density at radius 2 is 2.12 bits per heavy atom. The summed E-state index contributed by atoms with van der Waals surface area (Å²) in [4.78, 5) is 13.4. The van der Waals surface area contributed by atoms with Crippen molar-refractivity contribution in [1.29, 1.82) is 0 Å². The first-order chi connectivity index (χ1) is 15.9. The zero-order chi connectivity index (χ0) is 23.2. The fourth-order valence-corrected chi connectivity index (χ4v) is 5.23. The van der Waals surface area contributed by atoms with Crippen LogP contribution in [0.5, 0.6) is 5.75 Å². The number of hydrogen-bond donors (Lipinski definition) is 2. The Morgan fingerprint density at radius 1 is 1.33 bits per heavy atom. The molecule has 1 aliphatic heterocycles. The van der Waals surface area contributed by atoms with E-state index in [-0.39, 0.29) is 23.8 Å². The normalized spacial score (nSPS) is 18.8. The number of nitrogens with one attached hydrogen (secondary N) is 2. The summed E-state index contributed by atoms with van der Waals surface area (Å²) in [5.74, 6) is -2.16. The highest BCUT2D eigenvalue weighted by molar-refractivity contribution is 6.07. The van der Waals surface area contributed by atoms with Crippen molar-refractivity contribution in [3.05, 3.63) is 58.3 Å². The number of fused-ring (bicyclic) bond motifs is 2. The minimum atomic E-state index is -2.81. The van der Waals surface area contributed by atoms with Gasteiger partial charge < -0.3 is 14.8 Å². The number of amides is 1. The molecule has 1 amide bonds. The average Bonchev–Trinajstić information content (AvgIpc) is 3.43. The van der Waals surface area contributed by atoms with Crippen molar-refractivity contribution >= 4 is 16.8 Å². The smallest absolute Gasteiger partial charge is 0.273 e. The number of hydrogen-bond acceptors (Lipinski definition) is 4. The molecule has 1 unspecified atom stereocenters. The second-order valence-corrected chi connectivity index (χ2v) is 8.86. The lowest BCUT2D eigenvalue weighted by Crippen LogP contribution is -2.28. The van der Waals surface area contributed by atoms with Crippen LogP contribution < -0.4 is 10.1 Å². The number of carbonyl (C=O) groups is 1. The maximum Gasteiger partial charge on any atom is 0.273 e. The highest BCUT2D eigenvalue weighted by Crippen LogP contribution is 2.44. The van der Waals surface area contributed by atoms with Gasteiger partial charge in [0.05, 0.1) is 35.8 Å². The highest BCUT2D eigenvalue weighted by atomic mass is 19.3. The van der Waals surface area contributed by atoms with Gasteiger partial charge in [0.25, 0.3) is 11.8 Å². The molecule has 0 bridgehead atoms. The number of methoxy groups -OCH3 is 1. The number of halogens is 2. The Balaban J connectivity index is 1.49. The molecule has 2 N–H and O–H groups in total. The highest BCUT2D eigenvalue weighted by Gasteiger charge is 2.40. The first kappa shape index (κ1) is 21.8. The molecule has 0 spiro atoms. The second kappa shape index (κ2) is 8.41. The number of carbonyl (C=O) groups excluding carboxylic acids is 1. The summed E-state index contributed by atoms with van der Waals surface area (Å²) < 4.78 is 39.7. The predicted molar refractivity (Wildman–Crippen MR) is 120 cm³/mol. The first-order valence-corrected chi connectivity index (χ1v) is 11.3. The van der Waals surface area contributed by atoms with E-state index in [0.717, 1.165) is 35.1 Å². The largest absolute Gasteiger partial charge is 0.496 e. The molecule has 2 heterocycles. The van der Waals surface area contributed by atoms with Gasteiger partial charge in [-0.05, 0) is 54.9 Å². The van der Waals surface area contributed by atoms with Crippen LogP contribution in [-0.2, 0) is 17.1 Å². The van der Waals surface area contributed by atoms with Gasteiger partial charge >= 0.3 is 0 Å². The van der Waals surface area contributed by atoms with Gasteiger partial charge in [0.15, 0.2) is 0 Å². The molecule has 3 aromatic rings. The SMILES string of the molecule is COc1c(C2CCOCC2)cc(C(=O)NC(C)c2cccc3c2CCC3(F)F)c2[nH]ncc12. The number of nitrogens with zero attached hydrogens (tertiary/aromatic N) is 1. The van der Waals surface area contributed by atoms with Crippen LogP contribution in [-0.4, -0.2) is 36.4 Å². The topological polar surface area (TPSA) is 76.2 Å². The molecule has 8 heteroatoms. The molecular formula is C25H27F2N3O3. The molecule has 33 heavy (non-hydrogen) atoms. The summed E-state index contributed by atoms with van der Waals surface area (Å²) in [6.45, 7) is 3.16. The van der Waals surface area contributed by atoms with Crippen molar-refractivity contribution in [1.82, 2.24) is 15.5 Å². The van der Waals surface area contributed by atoms with Crippen LogP contribution in [0.25, 0.3) is 10.9 Å². The standard InChI is InChI=1S/C25H27F2N3O3/c1-14(16-4-3-5-21-17(16)6-9-25(21,26)27)29-24(31)19-12-18(15-7-10-33-11-8-15)23(32-2)20-13-28-30-22(19)20/h3-5,12-15H,6-11H2,1-2H3,(H,28,30)(H,29,31). The Bertz CT molecular complexity index is 1200. The fourth-order valence-electron chi connectivity index (χ4n) is 5.23. The van der Waals surface area contributed by atoms with Gasteiger partial charge in [0.1, 0.15) is 5.75 Å². The monoisotopic (exact) mass is 455 g/mol. The lowest BCUT2D eigenvalue weighted by molar-refractivity contribution is -0.00185. The summed E-state index contributed by atoms with van der Waals surface area (Å²) in [5.41, 5.74) is 3.47. The molecule has 1 aromatic heterocycles. The maximum absolute atomic E-state index is 14.2. The molecule has 0 saturated carbocycles. The van der Waals surface area contributed by atoms with Crippen LogP contribution in [0.1, 0.15) is 70.8 Å². The van der Waals surface area contributed by atoms with E-state index in [1.54, 1.807) is 19.4 Å². The van der Waals surface area contributed by atoms with Crippen molar-refractivity contribution in [2.75, 3.05) is 20.3 Å². The molecule has 1 aliphatic carbocycles. The number of aromatic amines is 1. The van der Waals surface area contributed by atoms with Crippen molar-refractivity contribution < 1.29 is 23.0 Å². The zero-order valence-electron chi connectivity index (χ0n) is 18.7. The van der Waals surface area contributed by atoms with E-state index in [4.69, 9.17) is 9.47 Å².